The second-order valence-corrected chi connectivity index (χ2v) is 6.06. The normalized spacial score (nSPS) is 18.1. The van der Waals surface area contributed by atoms with Crippen molar-refractivity contribution in [3.05, 3.63) is 54.4 Å². The van der Waals surface area contributed by atoms with Crippen molar-refractivity contribution in [3.8, 4) is 0 Å². The van der Waals surface area contributed by atoms with Crippen molar-refractivity contribution in [2.75, 3.05) is 13.1 Å². The number of amides is 1. The quantitative estimate of drug-likeness (QED) is 0.757. The molecule has 24 heavy (non-hydrogen) atoms. The largest absolute Gasteiger partial charge is 0.347 e. The maximum absolute atomic E-state index is 12.4. The Labute approximate surface area is 139 Å². The van der Waals surface area contributed by atoms with Crippen LogP contribution in [0.25, 0.3) is 11.0 Å². The minimum atomic E-state index is -0.0937. The molecule has 4 rings (SSSR count). The molecule has 1 aliphatic heterocycles. The Balaban J connectivity index is 1.36. The highest BCUT2D eigenvalue weighted by Crippen LogP contribution is 2.15. The summed E-state index contributed by atoms with van der Waals surface area (Å²) in [5.74, 6) is -0.0937. The van der Waals surface area contributed by atoms with E-state index in [0.29, 0.717) is 11.3 Å². The fourth-order valence-corrected chi connectivity index (χ4v) is 3.10. The summed E-state index contributed by atoms with van der Waals surface area (Å²) in [5, 5.41) is 3.94. The molecule has 0 saturated carbocycles. The lowest BCUT2D eigenvalue weighted by atomic mass is 10.2. The topological polar surface area (TPSA) is 86.8 Å². The highest BCUT2D eigenvalue weighted by atomic mass is 16.2. The van der Waals surface area contributed by atoms with Crippen molar-refractivity contribution in [3.63, 3.8) is 0 Å². The fraction of sp³-hybridized carbons (Fsp3) is 0.294. The van der Waals surface area contributed by atoms with E-state index in [9.17, 15) is 4.79 Å². The molecule has 1 aliphatic rings. The summed E-state index contributed by atoms with van der Waals surface area (Å²) < 4.78 is 0. The molecule has 122 valence electrons. The minimum Gasteiger partial charge on any atom is -0.347 e. The van der Waals surface area contributed by atoms with Crippen LogP contribution in [0.2, 0.25) is 0 Å². The van der Waals surface area contributed by atoms with Crippen LogP contribution in [0.5, 0.6) is 0 Å². The molecule has 1 amide bonds. The number of nitrogens with zero attached hydrogens (tertiary/aromatic N) is 4. The van der Waals surface area contributed by atoms with Gasteiger partial charge in [-0.3, -0.25) is 14.7 Å². The van der Waals surface area contributed by atoms with Crippen molar-refractivity contribution in [1.82, 2.24) is 30.2 Å². The Bertz CT molecular complexity index is 813. The number of aromatic nitrogens is 4. The van der Waals surface area contributed by atoms with Crippen molar-refractivity contribution in [1.29, 1.82) is 0 Å². The van der Waals surface area contributed by atoms with Crippen LogP contribution in [-0.2, 0) is 6.54 Å². The first-order valence-electron chi connectivity index (χ1n) is 7.99. The van der Waals surface area contributed by atoms with E-state index in [0.717, 1.165) is 31.4 Å². The number of H-pyrrole nitrogens is 1. The average Bonchev–Trinajstić information content (AvgIpc) is 3.22. The number of pyridine rings is 1. The van der Waals surface area contributed by atoms with Gasteiger partial charge in [0.15, 0.2) is 0 Å². The van der Waals surface area contributed by atoms with Crippen LogP contribution in [0, 0.1) is 0 Å². The summed E-state index contributed by atoms with van der Waals surface area (Å²) in [4.78, 5) is 29.9. The van der Waals surface area contributed by atoms with E-state index in [2.05, 4.69) is 30.2 Å². The van der Waals surface area contributed by atoms with Crippen LogP contribution in [0.1, 0.15) is 22.5 Å². The Morgan fingerprint density at radius 2 is 2.21 bits per heavy atom. The first-order valence-corrected chi connectivity index (χ1v) is 7.99. The van der Waals surface area contributed by atoms with E-state index < -0.39 is 0 Å². The molecule has 1 saturated heterocycles. The zero-order chi connectivity index (χ0) is 16.4. The van der Waals surface area contributed by atoms with Gasteiger partial charge in [0, 0.05) is 49.7 Å². The van der Waals surface area contributed by atoms with Crippen LogP contribution in [0.3, 0.4) is 0 Å². The van der Waals surface area contributed by atoms with Crippen molar-refractivity contribution < 1.29 is 4.79 Å². The molecule has 1 atom stereocenters. The van der Waals surface area contributed by atoms with Gasteiger partial charge in [-0.05, 0) is 30.2 Å². The number of rotatable bonds is 4. The Kier molecular flexibility index (Phi) is 3.92. The molecule has 0 radical (unpaired) electrons. The van der Waals surface area contributed by atoms with Gasteiger partial charge in [-0.15, -0.1) is 0 Å². The summed E-state index contributed by atoms with van der Waals surface area (Å²) in [6.45, 7) is 2.72. The molecular weight excluding hydrogens is 304 g/mol. The summed E-state index contributed by atoms with van der Waals surface area (Å²) in [5.41, 5.74) is 2.45. The highest BCUT2D eigenvalue weighted by Gasteiger charge is 2.24. The number of fused-ring (bicyclic) bond motifs is 1. The number of hydrogen-bond acceptors (Lipinski definition) is 5. The molecule has 1 fully saturated rings. The maximum Gasteiger partial charge on any atom is 0.268 e. The van der Waals surface area contributed by atoms with Crippen LogP contribution in [-0.4, -0.2) is 49.9 Å². The van der Waals surface area contributed by atoms with Gasteiger partial charge in [-0.1, -0.05) is 0 Å². The van der Waals surface area contributed by atoms with Gasteiger partial charge in [-0.25, -0.2) is 9.97 Å². The van der Waals surface area contributed by atoms with Gasteiger partial charge in [0.05, 0.1) is 0 Å². The van der Waals surface area contributed by atoms with Gasteiger partial charge >= 0.3 is 0 Å². The molecule has 7 nitrogen and oxygen atoms in total. The smallest absolute Gasteiger partial charge is 0.268 e. The Morgan fingerprint density at radius 3 is 3.04 bits per heavy atom. The lowest BCUT2D eigenvalue weighted by Crippen LogP contribution is -2.37. The van der Waals surface area contributed by atoms with Crippen molar-refractivity contribution >= 4 is 16.9 Å². The van der Waals surface area contributed by atoms with Gasteiger partial charge in [0.2, 0.25) is 0 Å². The van der Waals surface area contributed by atoms with E-state index in [1.807, 2.05) is 24.5 Å². The van der Waals surface area contributed by atoms with E-state index in [-0.39, 0.29) is 11.9 Å². The summed E-state index contributed by atoms with van der Waals surface area (Å²) >= 11 is 0. The third-order valence-corrected chi connectivity index (χ3v) is 4.30. The summed E-state index contributed by atoms with van der Waals surface area (Å²) in [6.07, 6.45) is 7.74. The molecule has 0 aromatic carbocycles. The van der Waals surface area contributed by atoms with Crippen LogP contribution >= 0.6 is 0 Å². The van der Waals surface area contributed by atoms with Crippen LogP contribution < -0.4 is 5.32 Å². The summed E-state index contributed by atoms with van der Waals surface area (Å²) in [7, 11) is 0. The van der Waals surface area contributed by atoms with E-state index in [1.54, 1.807) is 12.3 Å². The van der Waals surface area contributed by atoms with E-state index >= 15 is 0 Å². The van der Waals surface area contributed by atoms with Gasteiger partial charge < -0.3 is 10.3 Å². The van der Waals surface area contributed by atoms with E-state index in [1.165, 1.54) is 11.9 Å². The van der Waals surface area contributed by atoms with Crippen LogP contribution in [0.4, 0.5) is 0 Å². The Hall–Kier alpha value is -2.80. The highest BCUT2D eigenvalue weighted by molar-refractivity contribution is 5.97. The average molecular weight is 322 g/mol. The fourth-order valence-electron chi connectivity index (χ4n) is 3.10. The number of nitrogens with one attached hydrogen (secondary N) is 2. The number of hydrogen-bond donors (Lipinski definition) is 2. The third kappa shape index (κ3) is 3.11. The predicted octanol–water partition coefficient (Wildman–Crippen LogP) is 1.36. The van der Waals surface area contributed by atoms with Gasteiger partial charge in [0.1, 0.15) is 17.7 Å². The van der Waals surface area contributed by atoms with Gasteiger partial charge in [0.25, 0.3) is 5.91 Å². The van der Waals surface area contributed by atoms with Crippen molar-refractivity contribution in [2.45, 2.75) is 19.0 Å². The van der Waals surface area contributed by atoms with E-state index in [4.69, 9.17) is 0 Å². The number of likely N-dealkylation sites (tertiary alicyclic amines) is 1. The third-order valence-electron chi connectivity index (χ3n) is 4.30. The second-order valence-electron chi connectivity index (χ2n) is 6.06. The molecule has 3 aromatic heterocycles. The van der Waals surface area contributed by atoms with Crippen molar-refractivity contribution in [2.24, 2.45) is 0 Å². The number of carbonyl (C=O) groups excluding carboxylic acids is 1. The molecule has 2 N–H and O–H groups in total. The maximum atomic E-state index is 12.4. The number of aromatic amines is 1. The van der Waals surface area contributed by atoms with Gasteiger partial charge in [-0.2, -0.15) is 0 Å². The first kappa shape index (κ1) is 14.8. The zero-order valence-corrected chi connectivity index (χ0v) is 13.1. The second kappa shape index (κ2) is 6.37. The number of carbonyl (C=O) groups is 1. The summed E-state index contributed by atoms with van der Waals surface area (Å²) in [6, 6.07) is 6.00. The SMILES string of the molecule is O=C(N[C@H]1CCN(Cc2ccncc2)C1)c1cc2cncnc2[nH]1. The predicted molar refractivity (Wildman–Crippen MR) is 89.3 cm³/mol. The minimum absolute atomic E-state index is 0.0937. The zero-order valence-electron chi connectivity index (χ0n) is 13.1. The molecule has 0 bridgehead atoms. The molecule has 4 heterocycles. The molecule has 0 spiro atoms. The molecule has 0 aliphatic carbocycles. The lowest BCUT2D eigenvalue weighted by molar-refractivity contribution is 0.0933. The lowest BCUT2D eigenvalue weighted by Gasteiger charge is -2.16. The molecule has 3 aromatic rings. The van der Waals surface area contributed by atoms with Crippen LogP contribution in [0.15, 0.2) is 43.1 Å². The monoisotopic (exact) mass is 322 g/mol. The molecular formula is C17H18N6O. The molecule has 7 heteroatoms. The molecule has 0 unspecified atom stereocenters. The first-order chi connectivity index (χ1) is 11.8. The standard InChI is InChI=1S/C17H18N6O/c24-17(15-7-13-8-19-11-20-16(13)22-15)21-14-3-6-23(10-14)9-12-1-4-18-5-2-12/h1-2,4-5,7-8,11,14H,3,6,9-10H2,(H,21,24)(H,19,20,22)/t14-/m0/s1. The Morgan fingerprint density at radius 1 is 1.33 bits per heavy atom.